The lowest BCUT2D eigenvalue weighted by molar-refractivity contribution is -0.162. The molecule has 0 aliphatic carbocycles. The minimum atomic E-state index is -0.652. The summed E-state index contributed by atoms with van der Waals surface area (Å²) in [6.07, 6.45) is -0.598. The second-order valence-corrected chi connectivity index (χ2v) is 4.44. The van der Waals surface area contributed by atoms with Crippen LogP contribution in [-0.2, 0) is 16.8 Å². The van der Waals surface area contributed by atoms with Crippen molar-refractivity contribution in [3.63, 3.8) is 0 Å². The Morgan fingerprint density at radius 2 is 2.29 bits per heavy atom. The number of carbonyl (C=O) groups excluding carboxylic acids is 1. The molecule has 2 rings (SSSR count). The molecule has 1 aliphatic heterocycles. The van der Waals surface area contributed by atoms with Gasteiger partial charge in [-0.05, 0) is 20.8 Å². The molecule has 0 bridgehead atoms. The first-order valence-corrected chi connectivity index (χ1v) is 5.41. The third kappa shape index (κ3) is 1.58. The molecule has 94 valence electrons. The van der Waals surface area contributed by atoms with Gasteiger partial charge in [0.15, 0.2) is 0 Å². The van der Waals surface area contributed by atoms with E-state index in [2.05, 4.69) is 5.10 Å². The van der Waals surface area contributed by atoms with E-state index in [1.54, 1.807) is 20.8 Å². The van der Waals surface area contributed by atoms with E-state index in [0.717, 1.165) is 9.75 Å². The van der Waals surface area contributed by atoms with Crippen LogP contribution in [0.2, 0.25) is 0 Å². The predicted molar refractivity (Wildman–Crippen MR) is 59.4 cm³/mol. The molecule has 0 atom stereocenters. The number of hydrogen-bond donors (Lipinski definition) is 2. The molecule has 0 saturated carbocycles. The monoisotopic (exact) mass is 240 g/mol. The summed E-state index contributed by atoms with van der Waals surface area (Å²) in [5.74, 6) is 0.225. The molecule has 0 radical (unpaired) electrons. The Bertz CT molecular complexity index is 466. The zero-order valence-corrected chi connectivity index (χ0v) is 10.1. The standard InChI is InChI=1S/C10H16N4O3/c1-4-17-9(15)14-8(11)6-5-13(16)10(2,3)7(6)12-14/h16H,4-5,11H2,1-3H3. The minimum absolute atomic E-state index is 0.225. The first-order valence-electron chi connectivity index (χ1n) is 5.41. The average Bonchev–Trinajstić information content (AvgIpc) is 2.67. The Labute approximate surface area is 98.7 Å². The molecule has 17 heavy (non-hydrogen) atoms. The van der Waals surface area contributed by atoms with Crippen LogP contribution in [0.3, 0.4) is 0 Å². The number of anilines is 1. The summed E-state index contributed by atoms with van der Waals surface area (Å²) < 4.78 is 5.89. The molecule has 0 aromatic carbocycles. The van der Waals surface area contributed by atoms with Crippen LogP contribution in [0.5, 0.6) is 0 Å². The first kappa shape index (κ1) is 11.9. The lowest BCUT2D eigenvalue weighted by atomic mass is 10.0. The number of hydrogen-bond acceptors (Lipinski definition) is 6. The molecule has 7 nitrogen and oxygen atoms in total. The van der Waals surface area contributed by atoms with Crippen LogP contribution in [0.1, 0.15) is 32.0 Å². The lowest BCUT2D eigenvalue weighted by Gasteiger charge is -2.24. The molecular formula is C10H16N4O3. The summed E-state index contributed by atoms with van der Waals surface area (Å²) in [7, 11) is 0. The van der Waals surface area contributed by atoms with Gasteiger partial charge in [-0.25, -0.2) is 4.79 Å². The summed E-state index contributed by atoms with van der Waals surface area (Å²) in [5.41, 5.74) is 6.45. The number of rotatable bonds is 1. The molecule has 1 aromatic heterocycles. The summed E-state index contributed by atoms with van der Waals surface area (Å²) >= 11 is 0. The molecule has 0 amide bonds. The van der Waals surface area contributed by atoms with Crippen LogP contribution >= 0.6 is 0 Å². The predicted octanol–water partition coefficient (Wildman–Crippen LogP) is 0.910. The number of aromatic nitrogens is 2. The summed E-state index contributed by atoms with van der Waals surface area (Å²) in [5, 5.41) is 15.0. The minimum Gasteiger partial charge on any atom is -0.448 e. The van der Waals surface area contributed by atoms with Crippen molar-refractivity contribution < 1.29 is 14.7 Å². The van der Waals surface area contributed by atoms with E-state index in [4.69, 9.17) is 10.5 Å². The van der Waals surface area contributed by atoms with Gasteiger partial charge in [0, 0.05) is 5.56 Å². The van der Waals surface area contributed by atoms with Gasteiger partial charge in [0.05, 0.1) is 24.4 Å². The highest BCUT2D eigenvalue weighted by atomic mass is 16.6. The molecule has 0 spiro atoms. The lowest BCUT2D eigenvalue weighted by Crippen LogP contribution is -2.34. The number of carbonyl (C=O) groups is 1. The summed E-state index contributed by atoms with van der Waals surface area (Å²) in [6.45, 7) is 5.85. The molecule has 0 unspecified atom stereocenters. The Kier molecular flexibility index (Phi) is 2.59. The van der Waals surface area contributed by atoms with Gasteiger partial charge in [-0.15, -0.1) is 4.68 Å². The molecular weight excluding hydrogens is 224 g/mol. The Morgan fingerprint density at radius 1 is 1.65 bits per heavy atom. The van der Waals surface area contributed by atoms with E-state index in [-0.39, 0.29) is 19.0 Å². The van der Waals surface area contributed by atoms with Gasteiger partial charge in [0.25, 0.3) is 0 Å². The zero-order valence-electron chi connectivity index (χ0n) is 10.1. The Morgan fingerprint density at radius 3 is 2.82 bits per heavy atom. The molecule has 1 aliphatic rings. The van der Waals surface area contributed by atoms with Crippen molar-refractivity contribution in [3.8, 4) is 0 Å². The number of nitrogen functional groups attached to an aromatic ring is 1. The molecule has 3 N–H and O–H groups in total. The highest BCUT2D eigenvalue weighted by Crippen LogP contribution is 2.39. The van der Waals surface area contributed by atoms with Crippen molar-refractivity contribution in [2.45, 2.75) is 32.9 Å². The maximum Gasteiger partial charge on any atom is 0.436 e. The van der Waals surface area contributed by atoms with Crippen LogP contribution in [-0.4, -0.2) is 32.8 Å². The van der Waals surface area contributed by atoms with Crippen molar-refractivity contribution in [2.24, 2.45) is 0 Å². The zero-order chi connectivity index (χ0) is 12.8. The van der Waals surface area contributed by atoms with Crippen LogP contribution in [0, 0.1) is 0 Å². The van der Waals surface area contributed by atoms with Gasteiger partial charge in [-0.1, -0.05) is 0 Å². The number of ether oxygens (including phenoxy) is 1. The van der Waals surface area contributed by atoms with Crippen molar-refractivity contribution in [3.05, 3.63) is 11.3 Å². The highest BCUT2D eigenvalue weighted by Gasteiger charge is 2.42. The SMILES string of the molecule is CCOC(=O)n1nc2c(c1N)CN(O)C2(C)C. The topological polar surface area (TPSA) is 93.6 Å². The third-order valence-corrected chi connectivity index (χ3v) is 3.00. The Hall–Kier alpha value is -1.60. The largest absolute Gasteiger partial charge is 0.448 e. The van der Waals surface area contributed by atoms with Crippen LogP contribution in [0.25, 0.3) is 0 Å². The van der Waals surface area contributed by atoms with Gasteiger partial charge in [0.1, 0.15) is 5.82 Å². The summed E-state index contributed by atoms with van der Waals surface area (Å²) in [6, 6.07) is 0. The fourth-order valence-electron chi connectivity index (χ4n) is 1.90. The summed E-state index contributed by atoms with van der Waals surface area (Å²) in [4.78, 5) is 11.6. The fourth-order valence-corrected chi connectivity index (χ4v) is 1.90. The molecule has 1 aromatic rings. The van der Waals surface area contributed by atoms with E-state index in [9.17, 15) is 10.0 Å². The van der Waals surface area contributed by atoms with Crippen LogP contribution in [0.15, 0.2) is 0 Å². The van der Waals surface area contributed by atoms with Gasteiger partial charge in [-0.3, -0.25) is 0 Å². The second-order valence-electron chi connectivity index (χ2n) is 4.44. The van der Waals surface area contributed by atoms with E-state index in [1.807, 2.05) is 0 Å². The number of fused-ring (bicyclic) bond motifs is 1. The van der Waals surface area contributed by atoms with Crippen molar-refractivity contribution in [1.82, 2.24) is 14.8 Å². The van der Waals surface area contributed by atoms with Crippen LogP contribution in [0.4, 0.5) is 10.6 Å². The second kappa shape index (κ2) is 3.71. The van der Waals surface area contributed by atoms with E-state index < -0.39 is 11.6 Å². The molecule has 0 saturated heterocycles. The van der Waals surface area contributed by atoms with Crippen molar-refractivity contribution >= 4 is 11.9 Å². The van der Waals surface area contributed by atoms with Gasteiger partial charge >= 0.3 is 6.09 Å². The normalized spacial score (nSPS) is 18.1. The maximum atomic E-state index is 11.6. The molecule has 7 heteroatoms. The van der Waals surface area contributed by atoms with Gasteiger partial charge < -0.3 is 15.7 Å². The quantitative estimate of drug-likeness (QED) is 0.757. The first-order chi connectivity index (χ1) is 7.89. The average molecular weight is 240 g/mol. The van der Waals surface area contributed by atoms with Gasteiger partial charge in [-0.2, -0.15) is 10.2 Å². The van der Waals surface area contributed by atoms with Crippen molar-refractivity contribution in [2.75, 3.05) is 12.3 Å². The van der Waals surface area contributed by atoms with E-state index in [1.165, 1.54) is 0 Å². The fraction of sp³-hybridized carbons (Fsp3) is 0.600. The number of hydroxylamine groups is 2. The number of nitrogens with two attached hydrogens (primary N) is 1. The smallest absolute Gasteiger partial charge is 0.436 e. The Balaban J connectivity index is 2.44. The van der Waals surface area contributed by atoms with E-state index in [0.29, 0.717) is 11.3 Å². The molecule has 0 fully saturated rings. The molecule has 2 heterocycles. The number of nitrogens with zero attached hydrogens (tertiary/aromatic N) is 3. The van der Waals surface area contributed by atoms with E-state index >= 15 is 0 Å². The third-order valence-electron chi connectivity index (χ3n) is 3.00. The van der Waals surface area contributed by atoms with Crippen molar-refractivity contribution in [1.29, 1.82) is 0 Å². The highest BCUT2D eigenvalue weighted by molar-refractivity contribution is 5.75. The maximum absolute atomic E-state index is 11.6. The van der Waals surface area contributed by atoms with Crippen LogP contribution < -0.4 is 5.73 Å². The van der Waals surface area contributed by atoms with Gasteiger partial charge in [0.2, 0.25) is 0 Å².